The van der Waals surface area contributed by atoms with E-state index in [1.165, 1.54) is 162 Å². The maximum absolute atomic E-state index is 5.07. The zero-order chi connectivity index (χ0) is 28.7. The van der Waals surface area contributed by atoms with E-state index < -0.39 is 0 Å². The van der Waals surface area contributed by atoms with Gasteiger partial charge in [-0.1, -0.05) is 175 Å². The number of nitrogens with zero attached hydrogens (tertiary/aromatic N) is 2. The van der Waals surface area contributed by atoms with Crippen LogP contribution in [0, 0.1) is 0 Å². The molecule has 0 heterocycles. The van der Waals surface area contributed by atoms with Gasteiger partial charge < -0.3 is 16.0 Å². The van der Waals surface area contributed by atoms with Crippen molar-refractivity contribution in [1.29, 1.82) is 0 Å². The largest absolute Gasteiger partial charge is 0.363 e. The number of unbranched alkanes of at least 4 members (excludes halogenated alkanes) is 18. The highest BCUT2D eigenvalue weighted by molar-refractivity contribution is 8.89. The number of thiocarbonyl (C=S) groups is 2. The molecular formula is C30H65N3S6. The lowest BCUT2D eigenvalue weighted by Crippen LogP contribution is -2.18. The zero-order valence-corrected chi connectivity index (χ0v) is 31.5. The molecule has 0 aliphatic rings. The second-order valence-corrected chi connectivity index (χ2v) is 16.6. The third kappa shape index (κ3) is 39.1. The fourth-order valence-electron chi connectivity index (χ4n) is 3.64. The van der Waals surface area contributed by atoms with Crippen LogP contribution in [-0.4, -0.2) is 58.1 Å². The van der Waals surface area contributed by atoms with Crippen molar-refractivity contribution in [3.63, 3.8) is 0 Å². The van der Waals surface area contributed by atoms with Crippen molar-refractivity contribution in [1.82, 2.24) is 16.0 Å². The second-order valence-electron chi connectivity index (χ2n) is 10.5. The summed E-state index contributed by atoms with van der Waals surface area (Å²) in [5.41, 5.74) is 0. The molecule has 0 saturated heterocycles. The molecule has 0 aromatic carbocycles. The molecule has 9 heteroatoms. The molecule has 0 aliphatic carbocycles. The predicted octanol–water partition coefficient (Wildman–Crippen LogP) is 12.4. The molecule has 0 amide bonds. The van der Waals surface area contributed by atoms with Crippen LogP contribution < -0.4 is 6.15 Å². The zero-order valence-electron chi connectivity index (χ0n) is 26.6. The molecular weight excluding hydrogens is 595 g/mol. The SMILES string of the molecule is CCCCCCCCCCCCSSCCCCCCCCCCCC.CN(C)C(=S)SSC(=S)N(C)C.N. The van der Waals surface area contributed by atoms with Gasteiger partial charge in [-0.2, -0.15) is 0 Å². The normalized spacial score (nSPS) is 10.4. The van der Waals surface area contributed by atoms with E-state index in [4.69, 9.17) is 24.4 Å². The Balaban J connectivity index is -0.000000839. The van der Waals surface area contributed by atoms with Gasteiger partial charge in [0.05, 0.1) is 0 Å². The molecule has 3 N–H and O–H groups in total. The Hall–Kier alpha value is 1.14. The van der Waals surface area contributed by atoms with Gasteiger partial charge in [0, 0.05) is 39.7 Å². The van der Waals surface area contributed by atoms with Crippen molar-refractivity contribution in [3.05, 3.63) is 0 Å². The van der Waals surface area contributed by atoms with E-state index in [9.17, 15) is 0 Å². The molecule has 0 aromatic heterocycles. The predicted molar refractivity (Wildman–Crippen MR) is 201 cm³/mol. The fraction of sp³-hybridized carbons (Fsp3) is 0.933. The minimum atomic E-state index is 0. The van der Waals surface area contributed by atoms with E-state index in [0.717, 1.165) is 8.64 Å². The first-order chi connectivity index (χ1) is 18.4. The number of hydrogen-bond acceptors (Lipinski definition) is 7. The first kappa shape index (κ1) is 44.6. The maximum Gasteiger partial charge on any atom is 0.146 e. The summed E-state index contributed by atoms with van der Waals surface area (Å²) in [4.78, 5) is 3.79. The van der Waals surface area contributed by atoms with Crippen molar-refractivity contribution in [2.45, 2.75) is 142 Å². The van der Waals surface area contributed by atoms with Gasteiger partial charge in [0.15, 0.2) is 0 Å². The molecule has 0 spiro atoms. The molecule has 0 fully saturated rings. The molecule has 0 aliphatic heterocycles. The van der Waals surface area contributed by atoms with Crippen LogP contribution in [0.2, 0.25) is 0 Å². The van der Waals surface area contributed by atoms with Gasteiger partial charge >= 0.3 is 0 Å². The van der Waals surface area contributed by atoms with Crippen molar-refractivity contribution < 1.29 is 0 Å². The molecule has 0 aromatic rings. The standard InChI is InChI=1S/C24H50S2.C6H12N2S4.H3N/c1-3-5-7-9-11-13-15-17-19-21-23-25-26-24-22-20-18-16-14-12-10-8-6-4-2;1-7(2)5(9)11-12-6(10)8(3)4;/h3-24H2,1-2H3;1-4H3;1H3. The molecule has 0 radical (unpaired) electrons. The molecule has 0 rings (SSSR count). The summed E-state index contributed by atoms with van der Waals surface area (Å²) in [6.45, 7) is 4.60. The summed E-state index contributed by atoms with van der Waals surface area (Å²) >= 11 is 10.1. The topological polar surface area (TPSA) is 41.5 Å². The van der Waals surface area contributed by atoms with Crippen LogP contribution in [0.3, 0.4) is 0 Å². The maximum atomic E-state index is 5.07. The minimum absolute atomic E-state index is 0. The van der Waals surface area contributed by atoms with Gasteiger partial charge in [-0.15, -0.1) is 0 Å². The van der Waals surface area contributed by atoms with Crippen molar-refractivity contribution in [3.8, 4) is 0 Å². The average molecular weight is 660 g/mol. The Bertz CT molecular complexity index is 463. The summed E-state index contributed by atoms with van der Waals surface area (Å²) in [6, 6.07) is 0. The lowest BCUT2D eigenvalue weighted by molar-refractivity contribution is 0.563. The summed E-state index contributed by atoms with van der Waals surface area (Å²) in [7, 11) is 15.0. The van der Waals surface area contributed by atoms with Crippen LogP contribution in [0.4, 0.5) is 0 Å². The Labute approximate surface area is 272 Å². The van der Waals surface area contributed by atoms with Crippen LogP contribution in [0.5, 0.6) is 0 Å². The second kappa shape index (κ2) is 37.2. The van der Waals surface area contributed by atoms with Gasteiger partial charge in [0.1, 0.15) is 8.64 Å². The van der Waals surface area contributed by atoms with E-state index >= 15 is 0 Å². The molecule has 236 valence electrons. The highest BCUT2D eigenvalue weighted by Crippen LogP contribution is 2.26. The minimum Gasteiger partial charge on any atom is -0.363 e. The van der Waals surface area contributed by atoms with Crippen LogP contribution >= 0.6 is 67.6 Å². The first-order valence-corrected chi connectivity index (χ1v) is 20.8. The van der Waals surface area contributed by atoms with Crippen molar-refractivity contribution in [2.24, 2.45) is 0 Å². The van der Waals surface area contributed by atoms with E-state index in [1.54, 1.807) is 0 Å². The molecule has 3 nitrogen and oxygen atoms in total. The molecule has 0 atom stereocenters. The molecule has 39 heavy (non-hydrogen) atoms. The van der Waals surface area contributed by atoms with Crippen LogP contribution in [0.25, 0.3) is 0 Å². The lowest BCUT2D eigenvalue weighted by atomic mass is 10.1. The van der Waals surface area contributed by atoms with E-state index in [2.05, 4.69) is 35.4 Å². The van der Waals surface area contributed by atoms with Gasteiger partial charge in [0.2, 0.25) is 0 Å². The van der Waals surface area contributed by atoms with Gasteiger partial charge in [0.25, 0.3) is 0 Å². The van der Waals surface area contributed by atoms with Gasteiger partial charge in [-0.05, 0) is 34.4 Å². The van der Waals surface area contributed by atoms with Gasteiger partial charge in [-0.25, -0.2) is 0 Å². The number of rotatable bonds is 23. The number of hydrogen-bond donors (Lipinski definition) is 1. The smallest absolute Gasteiger partial charge is 0.146 e. The Kier molecular flexibility index (Phi) is 42.5. The fourth-order valence-corrected chi connectivity index (χ4v) is 8.30. The van der Waals surface area contributed by atoms with Crippen molar-refractivity contribution >= 4 is 76.3 Å². The monoisotopic (exact) mass is 659 g/mol. The van der Waals surface area contributed by atoms with Crippen LogP contribution in [-0.2, 0) is 0 Å². The molecule has 0 bridgehead atoms. The Morgan fingerprint density at radius 2 is 0.667 bits per heavy atom. The molecule has 0 unspecified atom stereocenters. The highest BCUT2D eigenvalue weighted by atomic mass is 33.1. The van der Waals surface area contributed by atoms with Crippen molar-refractivity contribution in [2.75, 3.05) is 39.7 Å². The summed E-state index contributed by atoms with van der Waals surface area (Å²) in [5.74, 6) is 2.75. The van der Waals surface area contributed by atoms with Crippen LogP contribution in [0.1, 0.15) is 142 Å². The highest BCUT2D eigenvalue weighted by Gasteiger charge is 2.05. The first-order valence-electron chi connectivity index (χ1n) is 15.4. The Morgan fingerprint density at radius 1 is 0.436 bits per heavy atom. The lowest BCUT2D eigenvalue weighted by Gasteiger charge is -2.15. The summed E-state index contributed by atoms with van der Waals surface area (Å²) in [5, 5.41) is 0. The Morgan fingerprint density at radius 3 is 0.897 bits per heavy atom. The summed E-state index contributed by atoms with van der Waals surface area (Å²) < 4.78 is 1.67. The molecule has 0 saturated carbocycles. The quantitative estimate of drug-likeness (QED) is 0.0655. The third-order valence-corrected chi connectivity index (χ3v) is 12.9. The summed E-state index contributed by atoms with van der Waals surface area (Å²) in [6.07, 6.45) is 29.1. The van der Waals surface area contributed by atoms with Crippen LogP contribution in [0.15, 0.2) is 0 Å². The van der Waals surface area contributed by atoms with E-state index in [-0.39, 0.29) is 6.15 Å². The van der Waals surface area contributed by atoms with E-state index in [1.807, 2.05) is 38.0 Å². The average Bonchev–Trinajstić information content (AvgIpc) is 2.90. The third-order valence-electron chi connectivity index (χ3n) is 6.16. The van der Waals surface area contributed by atoms with E-state index in [0.29, 0.717) is 0 Å². The van der Waals surface area contributed by atoms with Gasteiger partial charge in [-0.3, -0.25) is 0 Å².